The molecule has 0 N–H and O–H groups in total. The molecule has 0 atom stereocenters. The van der Waals surface area contributed by atoms with E-state index >= 15 is 0 Å². The molecular formula is C55H36N4O. The lowest BCUT2D eigenvalue weighted by atomic mass is 9.63. The third-order valence-corrected chi connectivity index (χ3v) is 11.5. The van der Waals surface area contributed by atoms with Crippen molar-refractivity contribution in [1.29, 1.82) is 0 Å². The lowest BCUT2D eigenvalue weighted by Crippen LogP contribution is -2.34. The molecule has 5 nitrogen and oxygen atoms in total. The van der Waals surface area contributed by atoms with E-state index < -0.39 is 5.41 Å². The summed E-state index contributed by atoms with van der Waals surface area (Å²) in [5.41, 5.74) is 11.8. The Morgan fingerprint density at radius 3 is 1.48 bits per heavy atom. The van der Waals surface area contributed by atoms with E-state index in [1.165, 1.54) is 5.56 Å². The average molecular weight is 769 g/mol. The summed E-state index contributed by atoms with van der Waals surface area (Å²) in [5, 5.41) is 1.14. The summed E-state index contributed by atoms with van der Waals surface area (Å²) in [5.74, 6) is 3.48. The van der Waals surface area contributed by atoms with Gasteiger partial charge in [0, 0.05) is 39.4 Å². The molecule has 0 saturated carbocycles. The molecule has 0 spiro atoms. The summed E-state index contributed by atoms with van der Waals surface area (Å²) >= 11 is 0. The molecule has 0 saturated heterocycles. The standard InChI is InChI=1S/C55H36N4O/c1-3-15-39(16-4-1)52-57-53(40-17-5-2-6-18-40)59-54(58-52)42-20-12-22-44(36-42)55(47-25-7-9-28-50(47)60-51-29-10-8-26-48(51)55)43-21-11-19-41(35-43)37-30-32-38(33-31-37)45-23-13-27-49-46(45)24-14-34-56-49/h1-36H. The Balaban J connectivity index is 1.10. The predicted molar refractivity (Wildman–Crippen MR) is 241 cm³/mol. The van der Waals surface area contributed by atoms with E-state index in [0.717, 1.165) is 78.0 Å². The monoisotopic (exact) mass is 768 g/mol. The van der Waals surface area contributed by atoms with Gasteiger partial charge in [-0.3, -0.25) is 4.98 Å². The highest BCUT2D eigenvalue weighted by atomic mass is 16.5. The lowest BCUT2D eigenvalue weighted by Gasteiger charge is -2.41. The van der Waals surface area contributed by atoms with Crippen LogP contribution in [0, 0.1) is 0 Å². The van der Waals surface area contributed by atoms with Crippen LogP contribution in [0.2, 0.25) is 0 Å². The Bertz CT molecular complexity index is 3070. The van der Waals surface area contributed by atoms with Gasteiger partial charge in [-0.05, 0) is 69.8 Å². The van der Waals surface area contributed by atoms with Gasteiger partial charge in [0.1, 0.15) is 11.5 Å². The van der Waals surface area contributed by atoms with Gasteiger partial charge in [-0.15, -0.1) is 0 Å². The molecule has 5 heteroatoms. The molecule has 8 aromatic carbocycles. The van der Waals surface area contributed by atoms with E-state index in [-0.39, 0.29) is 0 Å². The molecule has 0 fully saturated rings. The third kappa shape index (κ3) is 6.03. The maximum absolute atomic E-state index is 6.68. The molecule has 282 valence electrons. The first-order chi connectivity index (χ1) is 29.7. The van der Waals surface area contributed by atoms with Crippen LogP contribution >= 0.6 is 0 Å². The SMILES string of the molecule is c1ccc(-c2nc(-c3ccccc3)nc(-c3cccc(C4(c5cccc(-c6ccc(-c7cccc8ncccc78)cc6)c5)c5ccccc5Oc5ccccc54)c3)n2)cc1. The zero-order valence-electron chi connectivity index (χ0n) is 32.5. The highest BCUT2D eigenvalue weighted by molar-refractivity contribution is 5.94. The number of nitrogens with zero attached hydrogens (tertiary/aromatic N) is 4. The number of para-hydroxylation sites is 2. The van der Waals surface area contributed by atoms with Crippen molar-refractivity contribution in [1.82, 2.24) is 19.9 Å². The quantitative estimate of drug-likeness (QED) is 0.162. The maximum atomic E-state index is 6.68. The molecule has 0 bridgehead atoms. The second kappa shape index (κ2) is 14.7. The fraction of sp³-hybridized carbons (Fsp3) is 0.0182. The van der Waals surface area contributed by atoms with Crippen molar-refractivity contribution in [3.05, 3.63) is 241 Å². The molecule has 3 heterocycles. The highest BCUT2D eigenvalue weighted by Gasteiger charge is 2.45. The van der Waals surface area contributed by atoms with Crippen LogP contribution in [0.5, 0.6) is 11.5 Å². The van der Waals surface area contributed by atoms with Crippen LogP contribution in [0.1, 0.15) is 22.3 Å². The number of hydrogen-bond donors (Lipinski definition) is 0. The van der Waals surface area contributed by atoms with Gasteiger partial charge in [0.2, 0.25) is 0 Å². The molecular weight excluding hydrogens is 733 g/mol. The summed E-state index contributed by atoms with van der Waals surface area (Å²) in [6, 6.07) is 74.0. The normalized spacial score (nSPS) is 12.6. The minimum absolute atomic E-state index is 0.601. The van der Waals surface area contributed by atoms with Gasteiger partial charge in [-0.2, -0.15) is 0 Å². The number of aromatic nitrogens is 4. The Labute approximate surface area is 348 Å². The third-order valence-electron chi connectivity index (χ3n) is 11.5. The molecule has 11 rings (SSSR count). The number of hydrogen-bond acceptors (Lipinski definition) is 5. The summed E-state index contributed by atoms with van der Waals surface area (Å²) in [6.07, 6.45) is 1.84. The van der Waals surface area contributed by atoms with E-state index in [0.29, 0.717) is 17.5 Å². The van der Waals surface area contributed by atoms with Crippen LogP contribution in [-0.2, 0) is 5.41 Å². The maximum Gasteiger partial charge on any atom is 0.164 e. The lowest BCUT2D eigenvalue weighted by molar-refractivity contribution is 0.434. The molecule has 2 aromatic heterocycles. The summed E-state index contributed by atoms with van der Waals surface area (Å²) < 4.78 is 6.68. The topological polar surface area (TPSA) is 60.8 Å². The smallest absolute Gasteiger partial charge is 0.164 e. The van der Waals surface area contributed by atoms with E-state index in [9.17, 15) is 0 Å². The first-order valence-electron chi connectivity index (χ1n) is 20.1. The van der Waals surface area contributed by atoms with Crippen LogP contribution < -0.4 is 4.74 Å². The number of fused-ring (bicyclic) bond motifs is 3. The zero-order chi connectivity index (χ0) is 39.9. The molecule has 1 aliphatic rings. The molecule has 0 amide bonds. The Morgan fingerprint density at radius 1 is 0.350 bits per heavy atom. The molecule has 1 aliphatic heterocycles. The molecule has 0 radical (unpaired) electrons. The van der Waals surface area contributed by atoms with Gasteiger partial charge < -0.3 is 4.74 Å². The molecule has 0 aliphatic carbocycles. The number of rotatable bonds is 7. The highest BCUT2D eigenvalue weighted by Crippen LogP contribution is 2.56. The minimum Gasteiger partial charge on any atom is -0.457 e. The van der Waals surface area contributed by atoms with Gasteiger partial charge in [-0.1, -0.05) is 176 Å². The number of benzene rings is 8. The first kappa shape index (κ1) is 35.2. The Hall–Kier alpha value is -8.02. The van der Waals surface area contributed by atoms with E-state index in [1.54, 1.807) is 0 Å². The van der Waals surface area contributed by atoms with Crippen LogP contribution in [-0.4, -0.2) is 19.9 Å². The average Bonchev–Trinajstić information content (AvgIpc) is 3.33. The minimum atomic E-state index is -0.759. The van der Waals surface area contributed by atoms with Gasteiger partial charge >= 0.3 is 0 Å². The number of pyridine rings is 1. The molecule has 60 heavy (non-hydrogen) atoms. The van der Waals surface area contributed by atoms with Crippen molar-refractivity contribution in [2.75, 3.05) is 0 Å². The number of ether oxygens (including phenoxy) is 1. The summed E-state index contributed by atoms with van der Waals surface area (Å²) in [7, 11) is 0. The van der Waals surface area contributed by atoms with Crippen LogP contribution in [0.15, 0.2) is 219 Å². The Kier molecular flexibility index (Phi) is 8.63. The van der Waals surface area contributed by atoms with E-state index in [1.807, 2.05) is 85.1 Å². The van der Waals surface area contributed by atoms with Crippen molar-refractivity contribution in [2.45, 2.75) is 5.41 Å². The van der Waals surface area contributed by atoms with Crippen molar-refractivity contribution in [2.24, 2.45) is 0 Å². The largest absolute Gasteiger partial charge is 0.457 e. The zero-order valence-corrected chi connectivity index (χ0v) is 32.5. The van der Waals surface area contributed by atoms with Gasteiger partial charge in [0.15, 0.2) is 17.5 Å². The summed E-state index contributed by atoms with van der Waals surface area (Å²) in [4.78, 5) is 19.8. The first-order valence-corrected chi connectivity index (χ1v) is 20.1. The van der Waals surface area contributed by atoms with Gasteiger partial charge in [0.25, 0.3) is 0 Å². The van der Waals surface area contributed by atoms with Crippen LogP contribution in [0.4, 0.5) is 0 Å². The molecule has 0 unspecified atom stereocenters. The van der Waals surface area contributed by atoms with Crippen molar-refractivity contribution >= 4 is 10.9 Å². The van der Waals surface area contributed by atoms with Crippen LogP contribution in [0.3, 0.4) is 0 Å². The van der Waals surface area contributed by atoms with E-state index in [4.69, 9.17) is 19.7 Å². The van der Waals surface area contributed by atoms with Gasteiger partial charge in [-0.25, -0.2) is 15.0 Å². The predicted octanol–water partition coefficient (Wildman–Crippen LogP) is 13.2. The summed E-state index contributed by atoms with van der Waals surface area (Å²) in [6.45, 7) is 0. The van der Waals surface area contributed by atoms with Crippen molar-refractivity contribution in [3.63, 3.8) is 0 Å². The van der Waals surface area contributed by atoms with Gasteiger partial charge in [0.05, 0.1) is 10.9 Å². The fourth-order valence-corrected chi connectivity index (χ4v) is 8.74. The van der Waals surface area contributed by atoms with Crippen LogP contribution in [0.25, 0.3) is 67.3 Å². The second-order valence-electron chi connectivity index (χ2n) is 15.0. The van der Waals surface area contributed by atoms with Crippen molar-refractivity contribution in [3.8, 4) is 67.9 Å². The Morgan fingerprint density at radius 2 is 0.850 bits per heavy atom. The fourth-order valence-electron chi connectivity index (χ4n) is 8.74. The molecule has 10 aromatic rings. The van der Waals surface area contributed by atoms with E-state index in [2.05, 4.69) is 138 Å². The second-order valence-corrected chi connectivity index (χ2v) is 15.0. The van der Waals surface area contributed by atoms with Crippen molar-refractivity contribution < 1.29 is 4.74 Å².